The van der Waals surface area contributed by atoms with Gasteiger partial charge in [-0.15, -0.1) is 0 Å². The number of benzene rings is 2. The fourth-order valence-electron chi connectivity index (χ4n) is 2.90. The summed E-state index contributed by atoms with van der Waals surface area (Å²) >= 11 is 5.87. The summed E-state index contributed by atoms with van der Waals surface area (Å²) in [6, 6.07) is 18.7. The third-order valence-electron chi connectivity index (χ3n) is 4.15. The van der Waals surface area contributed by atoms with E-state index < -0.39 is 0 Å². The zero-order valence-corrected chi connectivity index (χ0v) is 14.9. The molecule has 0 aliphatic heterocycles. The number of para-hydroxylation sites is 1. The molecule has 2 heterocycles. The Morgan fingerprint density at radius 2 is 1.78 bits per heavy atom. The maximum absolute atomic E-state index is 12.8. The molecule has 0 radical (unpaired) electrons. The van der Waals surface area contributed by atoms with Gasteiger partial charge < -0.3 is 4.98 Å². The number of carbonyl (C=O) groups excluding carboxylic acids is 1. The molecule has 5 nitrogen and oxygen atoms in total. The van der Waals surface area contributed by atoms with Crippen LogP contribution in [0.2, 0.25) is 5.02 Å². The number of nitrogens with zero attached hydrogens (tertiary/aromatic N) is 2. The van der Waals surface area contributed by atoms with Crippen molar-refractivity contribution in [1.29, 1.82) is 0 Å². The van der Waals surface area contributed by atoms with Crippen LogP contribution in [-0.4, -0.2) is 22.1 Å². The van der Waals surface area contributed by atoms with Gasteiger partial charge in [0.05, 0.1) is 6.21 Å². The number of hydrazone groups is 1. The molecule has 0 saturated carbocycles. The van der Waals surface area contributed by atoms with Crippen LogP contribution in [0.1, 0.15) is 16.1 Å². The molecule has 0 bridgehead atoms. The summed E-state index contributed by atoms with van der Waals surface area (Å²) < 4.78 is 0. The van der Waals surface area contributed by atoms with Crippen molar-refractivity contribution in [2.75, 3.05) is 0 Å². The lowest BCUT2D eigenvalue weighted by molar-refractivity contribution is 0.0951. The summed E-state index contributed by atoms with van der Waals surface area (Å²) in [5.74, 6) is -0.316. The van der Waals surface area contributed by atoms with Gasteiger partial charge in [-0.25, -0.2) is 5.43 Å². The monoisotopic (exact) mass is 374 g/mol. The smallest absolute Gasteiger partial charge is 0.288 e. The highest BCUT2D eigenvalue weighted by atomic mass is 35.5. The van der Waals surface area contributed by atoms with Crippen LogP contribution in [0.5, 0.6) is 0 Å². The van der Waals surface area contributed by atoms with Crippen molar-refractivity contribution in [2.45, 2.75) is 0 Å². The summed E-state index contributed by atoms with van der Waals surface area (Å²) in [7, 11) is 0. The number of hydrogen-bond donors (Lipinski definition) is 2. The summed E-state index contributed by atoms with van der Waals surface area (Å²) in [4.78, 5) is 20.0. The number of H-pyrrole nitrogens is 1. The zero-order valence-electron chi connectivity index (χ0n) is 14.2. The molecule has 2 N–H and O–H groups in total. The molecule has 0 unspecified atom stereocenters. The fourth-order valence-corrected chi connectivity index (χ4v) is 3.03. The summed E-state index contributed by atoms with van der Waals surface area (Å²) in [6.45, 7) is 0. The fraction of sp³-hybridized carbons (Fsp3) is 0. The highest BCUT2D eigenvalue weighted by molar-refractivity contribution is 6.30. The van der Waals surface area contributed by atoms with E-state index in [4.69, 9.17) is 11.6 Å². The van der Waals surface area contributed by atoms with Crippen LogP contribution in [0.25, 0.3) is 22.0 Å². The second kappa shape index (κ2) is 7.43. The van der Waals surface area contributed by atoms with E-state index in [0.717, 1.165) is 27.6 Å². The SMILES string of the molecule is O=C(N/N=C\c1ccc(Cl)cc1)c1[nH]c2ccccc2c1-c1ccncc1. The Morgan fingerprint density at radius 1 is 1.04 bits per heavy atom. The number of aromatic nitrogens is 2. The molecule has 0 aliphatic carbocycles. The highest BCUT2D eigenvalue weighted by Crippen LogP contribution is 2.32. The molecule has 1 amide bonds. The Morgan fingerprint density at radius 3 is 2.56 bits per heavy atom. The van der Waals surface area contributed by atoms with Gasteiger partial charge in [0.1, 0.15) is 5.69 Å². The quantitative estimate of drug-likeness (QED) is 0.403. The van der Waals surface area contributed by atoms with Crippen LogP contribution in [0.3, 0.4) is 0 Å². The Bertz CT molecular complexity index is 1120. The molecule has 6 heteroatoms. The number of rotatable bonds is 4. The number of hydrogen-bond acceptors (Lipinski definition) is 3. The molecule has 0 atom stereocenters. The number of fused-ring (bicyclic) bond motifs is 1. The van der Waals surface area contributed by atoms with E-state index >= 15 is 0 Å². The second-order valence-corrected chi connectivity index (χ2v) is 6.34. The van der Waals surface area contributed by atoms with Crippen molar-refractivity contribution in [3.63, 3.8) is 0 Å². The van der Waals surface area contributed by atoms with Gasteiger partial charge >= 0.3 is 0 Å². The molecule has 27 heavy (non-hydrogen) atoms. The van der Waals surface area contributed by atoms with Gasteiger partial charge in [0.2, 0.25) is 0 Å². The van der Waals surface area contributed by atoms with Gasteiger partial charge in [0, 0.05) is 33.9 Å². The van der Waals surface area contributed by atoms with Crippen molar-refractivity contribution in [1.82, 2.24) is 15.4 Å². The Kier molecular flexibility index (Phi) is 4.68. The van der Waals surface area contributed by atoms with Gasteiger partial charge in [-0.3, -0.25) is 9.78 Å². The average molecular weight is 375 g/mol. The van der Waals surface area contributed by atoms with Crippen LogP contribution in [-0.2, 0) is 0 Å². The predicted molar refractivity (Wildman–Crippen MR) is 108 cm³/mol. The Hall–Kier alpha value is -3.44. The first kappa shape index (κ1) is 17.0. The molecule has 4 rings (SSSR count). The van der Waals surface area contributed by atoms with Gasteiger partial charge in [-0.05, 0) is 41.5 Å². The predicted octanol–water partition coefficient (Wildman–Crippen LogP) is 4.65. The molecule has 0 saturated heterocycles. The van der Waals surface area contributed by atoms with Crippen molar-refractivity contribution in [3.05, 3.63) is 89.3 Å². The van der Waals surface area contributed by atoms with Crippen LogP contribution >= 0.6 is 11.6 Å². The molecule has 0 fully saturated rings. The number of halogens is 1. The Labute approximate surface area is 160 Å². The lowest BCUT2D eigenvalue weighted by Crippen LogP contribution is -2.18. The zero-order chi connectivity index (χ0) is 18.6. The average Bonchev–Trinajstić information content (AvgIpc) is 3.10. The minimum Gasteiger partial charge on any atom is -0.350 e. The first-order valence-electron chi connectivity index (χ1n) is 8.32. The lowest BCUT2D eigenvalue weighted by Gasteiger charge is -2.04. The maximum Gasteiger partial charge on any atom is 0.288 e. The first-order chi connectivity index (χ1) is 13.2. The highest BCUT2D eigenvalue weighted by Gasteiger charge is 2.18. The third kappa shape index (κ3) is 3.59. The van der Waals surface area contributed by atoms with E-state index in [2.05, 4.69) is 20.5 Å². The van der Waals surface area contributed by atoms with E-state index in [0.29, 0.717) is 10.7 Å². The number of nitrogens with one attached hydrogen (secondary N) is 2. The molecule has 4 aromatic rings. The second-order valence-electron chi connectivity index (χ2n) is 5.91. The molecule has 0 aliphatic rings. The summed E-state index contributed by atoms with van der Waals surface area (Å²) in [5, 5.41) is 5.67. The maximum atomic E-state index is 12.8. The first-order valence-corrected chi connectivity index (χ1v) is 8.70. The van der Waals surface area contributed by atoms with E-state index in [9.17, 15) is 4.79 Å². The van der Waals surface area contributed by atoms with Gasteiger partial charge in [0.15, 0.2) is 0 Å². The third-order valence-corrected chi connectivity index (χ3v) is 4.40. The van der Waals surface area contributed by atoms with E-state index in [1.54, 1.807) is 30.7 Å². The van der Waals surface area contributed by atoms with Crippen LogP contribution < -0.4 is 5.43 Å². The van der Waals surface area contributed by atoms with Gasteiger partial charge in [-0.2, -0.15) is 5.10 Å². The number of pyridine rings is 1. The van der Waals surface area contributed by atoms with Crippen molar-refractivity contribution < 1.29 is 4.79 Å². The minimum absolute atomic E-state index is 0.316. The number of aromatic amines is 1. The molecule has 2 aromatic heterocycles. The minimum atomic E-state index is -0.316. The van der Waals surface area contributed by atoms with Gasteiger partial charge in [0.25, 0.3) is 5.91 Å². The van der Waals surface area contributed by atoms with Crippen LogP contribution in [0.15, 0.2) is 78.2 Å². The molecule has 132 valence electrons. The van der Waals surface area contributed by atoms with E-state index in [1.165, 1.54) is 0 Å². The lowest BCUT2D eigenvalue weighted by atomic mass is 10.0. The number of carbonyl (C=O) groups is 1. The standard InChI is InChI=1S/C21H15ClN4O/c22-16-7-5-14(6-8-16)13-24-26-21(27)20-19(15-9-11-23-12-10-15)17-3-1-2-4-18(17)25-20/h1-13,25H,(H,26,27)/b24-13-. The molecular formula is C21H15ClN4O. The summed E-state index contributed by atoms with van der Waals surface area (Å²) in [6.07, 6.45) is 4.98. The number of amides is 1. The summed E-state index contributed by atoms with van der Waals surface area (Å²) in [5.41, 5.74) is 6.50. The topological polar surface area (TPSA) is 70.1 Å². The van der Waals surface area contributed by atoms with Crippen LogP contribution in [0.4, 0.5) is 0 Å². The molecule has 2 aromatic carbocycles. The van der Waals surface area contributed by atoms with Crippen molar-refractivity contribution in [3.8, 4) is 11.1 Å². The molecule has 0 spiro atoms. The Balaban J connectivity index is 1.66. The van der Waals surface area contributed by atoms with E-state index in [1.807, 2.05) is 48.5 Å². The van der Waals surface area contributed by atoms with Crippen molar-refractivity contribution in [2.24, 2.45) is 5.10 Å². The van der Waals surface area contributed by atoms with Crippen LogP contribution in [0, 0.1) is 0 Å². The van der Waals surface area contributed by atoms with Gasteiger partial charge in [-0.1, -0.05) is 41.9 Å². The normalized spacial score (nSPS) is 11.1. The largest absolute Gasteiger partial charge is 0.350 e. The van der Waals surface area contributed by atoms with E-state index in [-0.39, 0.29) is 5.91 Å². The van der Waals surface area contributed by atoms with Crippen molar-refractivity contribution >= 4 is 34.6 Å². The molecular weight excluding hydrogens is 360 g/mol.